The van der Waals surface area contributed by atoms with Gasteiger partial charge in [0.05, 0.1) is 0 Å². The van der Waals surface area contributed by atoms with Crippen LogP contribution in [0.4, 0.5) is 14.5 Å². The molecule has 4 N–H and O–H groups in total. The van der Waals surface area contributed by atoms with E-state index in [1.54, 1.807) is 13.8 Å². The third-order valence-corrected chi connectivity index (χ3v) is 3.36. The minimum atomic E-state index is -1.22. The SMILES string of the molecule is CCC(CC)(C(=O)Nc1cc(F)cc(F)c1)C(N)=NO. The summed E-state index contributed by atoms with van der Waals surface area (Å²) >= 11 is 0. The fourth-order valence-electron chi connectivity index (χ4n) is 2.02. The van der Waals surface area contributed by atoms with E-state index in [1.165, 1.54) is 0 Å². The maximum absolute atomic E-state index is 13.1. The number of benzene rings is 1. The minimum absolute atomic E-state index is 0.0236. The predicted molar refractivity (Wildman–Crippen MR) is 71.4 cm³/mol. The molecule has 0 aliphatic rings. The number of halogens is 2. The van der Waals surface area contributed by atoms with Crippen LogP contribution in [0.3, 0.4) is 0 Å². The first-order valence-electron chi connectivity index (χ1n) is 6.15. The molecule has 0 fully saturated rings. The third-order valence-electron chi connectivity index (χ3n) is 3.36. The van der Waals surface area contributed by atoms with Gasteiger partial charge in [0.15, 0.2) is 5.84 Å². The topological polar surface area (TPSA) is 87.7 Å². The molecular formula is C13H17F2N3O2. The number of rotatable bonds is 5. The molecule has 0 atom stereocenters. The average Bonchev–Trinajstić information content (AvgIpc) is 2.39. The summed E-state index contributed by atoms with van der Waals surface area (Å²) in [6.45, 7) is 3.40. The van der Waals surface area contributed by atoms with Crippen LogP contribution in [-0.4, -0.2) is 17.0 Å². The summed E-state index contributed by atoms with van der Waals surface area (Å²) in [5.74, 6) is -2.43. The molecule has 0 unspecified atom stereocenters. The molecule has 1 aromatic carbocycles. The molecule has 1 aromatic rings. The number of oxime groups is 1. The number of amidine groups is 1. The van der Waals surface area contributed by atoms with E-state index in [4.69, 9.17) is 10.9 Å². The van der Waals surface area contributed by atoms with Crippen molar-refractivity contribution in [2.75, 3.05) is 5.32 Å². The Morgan fingerprint density at radius 3 is 2.20 bits per heavy atom. The highest BCUT2D eigenvalue weighted by molar-refractivity contribution is 6.11. The number of hydrogen-bond acceptors (Lipinski definition) is 3. The molecule has 5 nitrogen and oxygen atoms in total. The van der Waals surface area contributed by atoms with Gasteiger partial charge in [-0.05, 0) is 25.0 Å². The normalized spacial score (nSPS) is 12.3. The van der Waals surface area contributed by atoms with Crippen molar-refractivity contribution in [3.8, 4) is 0 Å². The fraction of sp³-hybridized carbons (Fsp3) is 0.385. The maximum Gasteiger partial charge on any atom is 0.238 e. The first-order valence-corrected chi connectivity index (χ1v) is 6.15. The van der Waals surface area contributed by atoms with E-state index >= 15 is 0 Å². The molecule has 1 rings (SSSR count). The van der Waals surface area contributed by atoms with Crippen LogP contribution in [0.2, 0.25) is 0 Å². The number of amides is 1. The number of nitrogens with two attached hydrogens (primary N) is 1. The molecule has 0 radical (unpaired) electrons. The van der Waals surface area contributed by atoms with Crippen LogP contribution in [0.1, 0.15) is 26.7 Å². The van der Waals surface area contributed by atoms with Crippen LogP contribution in [0, 0.1) is 17.0 Å². The maximum atomic E-state index is 13.1. The van der Waals surface area contributed by atoms with Gasteiger partial charge in [-0.15, -0.1) is 0 Å². The third kappa shape index (κ3) is 3.04. The lowest BCUT2D eigenvalue weighted by molar-refractivity contribution is -0.122. The second-order valence-corrected chi connectivity index (χ2v) is 4.39. The van der Waals surface area contributed by atoms with Crippen LogP contribution >= 0.6 is 0 Å². The van der Waals surface area contributed by atoms with Gasteiger partial charge in [-0.25, -0.2) is 8.78 Å². The molecule has 0 saturated heterocycles. The molecular weight excluding hydrogens is 268 g/mol. The highest BCUT2D eigenvalue weighted by atomic mass is 19.1. The van der Waals surface area contributed by atoms with Crippen molar-refractivity contribution >= 4 is 17.4 Å². The van der Waals surface area contributed by atoms with Crippen molar-refractivity contribution in [1.82, 2.24) is 0 Å². The molecule has 20 heavy (non-hydrogen) atoms. The zero-order chi connectivity index (χ0) is 15.3. The molecule has 1 amide bonds. The number of nitrogens with zero attached hydrogens (tertiary/aromatic N) is 1. The van der Waals surface area contributed by atoms with E-state index in [0.29, 0.717) is 6.07 Å². The molecule has 0 heterocycles. The lowest BCUT2D eigenvalue weighted by Gasteiger charge is -2.28. The molecule has 110 valence electrons. The van der Waals surface area contributed by atoms with Crippen LogP contribution in [0.25, 0.3) is 0 Å². The second kappa shape index (κ2) is 6.31. The Bertz CT molecular complexity index is 508. The number of nitrogens with one attached hydrogen (secondary N) is 1. The van der Waals surface area contributed by atoms with E-state index in [0.717, 1.165) is 12.1 Å². The van der Waals surface area contributed by atoms with Gasteiger partial charge in [0.1, 0.15) is 17.0 Å². The number of anilines is 1. The summed E-state index contributed by atoms with van der Waals surface area (Å²) in [4.78, 5) is 12.3. The summed E-state index contributed by atoms with van der Waals surface area (Å²) in [6, 6.07) is 2.68. The van der Waals surface area contributed by atoms with Crippen molar-refractivity contribution in [2.45, 2.75) is 26.7 Å². The van der Waals surface area contributed by atoms with Gasteiger partial charge in [-0.1, -0.05) is 19.0 Å². The highest BCUT2D eigenvalue weighted by Crippen LogP contribution is 2.29. The van der Waals surface area contributed by atoms with Gasteiger partial charge >= 0.3 is 0 Å². The standard InChI is InChI=1S/C13H17F2N3O2/c1-3-13(4-2,11(16)18-20)12(19)17-10-6-8(14)5-9(15)7-10/h5-7,20H,3-4H2,1-2H3,(H2,16,18)(H,17,19). The fourth-order valence-corrected chi connectivity index (χ4v) is 2.02. The summed E-state index contributed by atoms with van der Waals surface area (Å²) in [5.41, 5.74) is 4.33. The van der Waals surface area contributed by atoms with E-state index in [9.17, 15) is 13.6 Å². The second-order valence-electron chi connectivity index (χ2n) is 4.39. The predicted octanol–water partition coefficient (Wildman–Crippen LogP) is 2.46. The van der Waals surface area contributed by atoms with Crippen LogP contribution in [-0.2, 0) is 4.79 Å². The van der Waals surface area contributed by atoms with E-state index in [1.807, 2.05) is 0 Å². The minimum Gasteiger partial charge on any atom is -0.409 e. The van der Waals surface area contributed by atoms with Gasteiger partial charge in [0, 0.05) is 11.8 Å². The van der Waals surface area contributed by atoms with Crippen LogP contribution < -0.4 is 11.1 Å². The zero-order valence-electron chi connectivity index (χ0n) is 11.3. The van der Waals surface area contributed by atoms with E-state index in [2.05, 4.69) is 10.5 Å². The summed E-state index contributed by atoms with van der Waals surface area (Å²) in [6.07, 6.45) is 0.562. The van der Waals surface area contributed by atoms with E-state index in [-0.39, 0.29) is 24.4 Å². The molecule has 0 saturated carbocycles. The zero-order valence-corrected chi connectivity index (χ0v) is 11.3. The number of hydrogen-bond donors (Lipinski definition) is 3. The van der Waals surface area contributed by atoms with Crippen molar-refractivity contribution in [3.05, 3.63) is 29.8 Å². The van der Waals surface area contributed by atoms with Crippen molar-refractivity contribution in [2.24, 2.45) is 16.3 Å². The largest absolute Gasteiger partial charge is 0.409 e. The van der Waals surface area contributed by atoms with Crippen molar-refractivity contribution < 1.29 is 18.8 Å². The molecule has 0 bridgehead atoms. The molecule has 0 aromatic heterocycles. The van der Waals surface area contributed by atoms with Crippen LogP contribution in [0.5, 0.6) is 0 Å². The molecule has 0 aliphatic heterocycles. The smallest absolute Gasteiger partial charge is 0.238 e. The van der Waals surface area contributed by atoms with Gasteiger partial charge in [0.2, 0.25) is 5.91 Å². The summed E-state index contributed by atoms with van der Waals surface area (Å²) in [5, 5.41) is 14.1. The Morgan fingerprint density at radius 2 is 1.80 bits per heavy atom. The first kappa shape index (κ1) is 15.9. The Labute approximate surface area is 115 Å². The Hall–Kier alpha value is -2.18. The first-order chi connectivity index (χ1) is 9.39. The highest BCUT2D eigenvalue weighted by Gasteiger charge is 2.39. The Kier molecular flexibility index (Phi) is 5.01. The molecule has 7 heteroatoms. The number of carbonyl (C=O) groups is 1. The van der Waals surface area contributed by atoms with Crippen molar-refractivity contribution in [3.63, 3.8) is 0 Å². The Morgan fingerprint density at radius 1 is 1.30 bits per heavy atom. The van der Waals surface area contributed by atoms with Crippen molar-refractivity contribution in [1.29, 1.82) is 0 Å². The quantitative estimate of drug-likeness (QED) is 0.336. The van der Waals surface area contributed by atoms with Gasteiger partial charge < -0.3 is 16.3 Å². The van der Waals surface area contributed by atoms with E-state index < -0.39 is 23.0 Å². The number of carbonyl (C=O) groups excluding carboxylic acids is 1. The monoisotopic (exact) mass is 285 g/mol. The van der Waals surface area contributed by atoms with Gasteiger partial charge in [-0.3, -0.25) is 4.79 Å². The lowest BCUT2D eigenvalue weighted by atomic mass is 9.80. The molecule has 0 aliphatic carbocycles. The summed E-state index contributed by atoms with van der Waals surface area (Å²) in [7, 11) is 0. The Balaban J connectivity index is 3.09. The average molecular weight is 285 g/mol. The van der Waals surface area contributed by atoms with Gasteiger partial charge in [0.25, 0.3) is 0 Å². The van der Waals surface area contributed by atoms with Crippen LogP contribution in [0.15, 0.2) is 23.4 Å². The lowest BCUT2D eigenvalue weighted by Crippen LogP contribution is -2.46. The molecule has 0 spiro atoms. The van der Waals surface area contributed by atoms with Gasteiger partial charge in [-0.2, -0.15) is 0 Å². The summed E-state index contributed by atoms with van der Waals surface area (Å²) < 4.78 is 26.2.